The first-order chi connectivity index (χ1) is 5.27. The average Bonchev–Trinajstić information content (AvgIpc) is 2.04. The Morgan fingerprint density at radius 1 is 1.55 bits per heavy atom. The SMILES string of the molecule is COc1nc(C)ccc1C#N. The molecule has 0 aliphatic rings. The second-order valence-electron chi connectivity index (χ2n) is 2.12. The summed E-state index contributed by atoms with van der Waals surface area (Å²) in [6.45, 7) is 1.85. The van der Waals surface area contributed by atoms with Gasteiger partial charge in [0.25, 0.3) is 0 Å². The highest BCUT2D eigenvalue weighted by Crippen LogP contribution is 2.13. The Bertz CT molecular complexity index is 301. The van der Waals surface area contributed by atoms with Gasteiger partial charge >= 0.3 is 0 Å². The van der Waals surface area contributed by atoms with Crippen LogP contribution in [0, 0.1) is 18.3 Å². The Labute approximate surface area is 65.3 Å². The molecule has 0 saturated carbocycles. The summed E-state index contributed by atoms with van der Waals surface area (Å²) >= 11 is 0. The van der Waals surface area contributed by atoms with Crippen molar-refractivity contribution in [2.24, 2.45) is 0 Å². The summed E-state index contributed by atoms with van der Waals surface area (Å²) in [6, 6.07) is 5.46. The van der Waals surface area contributed by atoms with E-state index in [1.165, 1.54) is 7.11 Å². The number of methoxy groups -OCH3 is 1. The van der Waals surface area contributed by atoms with Crippen molar-refractivity contribution >= 4 is 0 Å². The third-order valence-electron chi connectivity index (χ3n) is 1.31. The molecule has 0 aliphatic heterocycles. The number of nitriles is 1. The molecule has 0 aliphatic carbocycles. The molecule has 0 atom stereocenters. The van der Waals surface area contributed by atoms with Crippen LogP contribution in [0.1, 0.15) is 11.3 Å². The first-order valence-electron chi connectivity index (χ1n) is 3.19. The molecule has 0 amide bonds. The number of hydrogen-bond donors (Lipinski definition) is 0. The van der Waals surface area contributed by atoms with E-state index in [9.17, 15) is 0 Å². The highest BCUT2D eigenvalue weighted by Gasteiger charge is 2.01. The number of pyridine rings is 1. The maximum atomic E-state index is 8.57. The minimum absolute atomic E-state index is 0.396. The van der Waals surface area contributed by atoms with Crippen LogP contribution in [-0.2, 0) is 0 Å². The molecule has 1 aromatic rings. The van der Waals surface area contributed by atoms with Gasteiger partial charge in [0.1, 0.15) is 11.6 Å². The van der Waals surface area contributed by atoms with Crippen molar-refractivity contribution in [2.45, 2.75) is 6.92 Å². The van der Waals surface area contributed by atoms with Crippen LogP contribution >= 0.6 is 0 Å². The van der Waals surface area contributed by atoms with Crippen LogP contribution in [0.25, 0.3) is 0 Å². The predicted octanol–water partition coefficient (Wildman–Crippen LogP) is 1.27. The van der Waals surface area contributed by atoms with E-state index < -0.39 is 0 Å². The minimum atomic E-state index is 0.396. The summed E-state index contributed by atoms with van der Waals surface area (Å²) in [5.41, 5.74) is 1.32. The molecule has 56 valence electrons. The molecule has 11 heavy (non-hydrogen) atoms. The summed E-state index contributed by atoms with van der Waals surface area (Å²) in [7, 11) is 1.50. The summed E-state index contributed by atoms with van der Waals surface area (Å²) < 4.78 is 4.88. The van der Waals surface area contributed by atoms with E-state index in [2.05, 4.69) is 4.98 Å². The van der Waals surface area contributed by atoms with Gasteiger partial charge in [-0.2, -0.15) is 5.26 Å². The maximum absolute atomic E-state index is 8.57. The van der Waals surface area contributed by atoms with Gasteiger partial charge in [-0.05, 0) is 19.1 Å². The molecule has 3 nitrogen and oxygen atoms in total. The molecular weight excluding hydrogens is 140 g/mol. The van der Waals surface area contributed by atoms with Gasteiger partial charge in [-0.3, -0.25) is 0 Å². The molecule has 1 heterocycles. The lowest BCUT2D eigenvalue weighted by Crippen LogP contribution is -1.92. The summed E-state index contributed by atoms with van der Waals surface area (Å²) in [5, 5.41) is 8.57. The van der Waals surface area contributed by atoms with Crippen molar-refractivity contribution in [1.82, 2.24) is 4.98 Å². The lowest BCUT2D eigenvalue weighted by molar-refractivity contribution is 0.395. The van der Waals surface area contributed by atoms with Crippen molar-refractivity contribution < 1.29 is 4.74 Å². The number of rotatable bonds is 1. The third-order valence-corrected chi connectivity index (χ3v) is 1.31. The molecule has 0 aromatic carbocycles. The predicted molar refractivity (Wildman–Crippen MR) is 40.2 cm³/mol. The van der Waals surface area contributed by atoms with Crippen LogP contribution in [0.5, 0.6) is 5.88 Å². The van der Waals surface area contributed by atoms with Crippen molar-refractivity contribution in [3.63, 3.8) is 0 Å². The Hall–Kier alpha value is -1.56. The first-order valence-corrected chi connectivity index (χ1v) is 3.19. The van der Waals surface area contributed by atoms with E-state index in [0.717, 1.165) is 5.69 Å². The van der Waals surface area contributed by atoms with E-state index in [4.69, 9.17) is 10.00 Å². The fourth-order valence-corrected chi connectivity index (χ4v) is 0.774. The first kappa shape index (κ1) is 7.55. The lowest BCUT2D eigenvalue weighted by Gasteiger charge is -2.00. The lowest BCUT2D eigenvalue weighted by atomic mass is 10.2. The molecule has 0 bridgehead atoms. The van der Waals surface area contributed by atoms with Crippen LogP contribution in [0.4, 0.5) is 0 Å². The molecule has 3 heteroatoms. The molecule has 0 saturated heterocycles. The van der Waals surface area contributed by atoms with E-state index in [1.54, 1.807) is 12.1 Å². The van der Waals surface area contributed by atoms with Gasteiger partial charge in [-0.1, -0.05) is 0 Å². The Kier molecular flexibility index (Phi) is 2.07. The number of ether oxygens (including phenoxy) is 1. The molecule has 0 fully saturated rings. The molecule has 1 rings (SSSR count). The fourth-order valence-electron chi connectivity index (χ4n) is 0.774. The minimum Gasteiger partial charge on any atom is -0.480 e. The van der Waals surface area contributed by atoms with E-state index in [-0.39, 0.29) is 0 Å². The highest BCUT2D eigenvalue weighted by atomic mass is 16.5. The topological polar surface area (TPSA) is 45.9 Å². The van der Waals surface area contributed by atoms with Gasteiger partial charge in [-0.15, -0.1) is 0 Å². The van der Waals surface area contributed by atoms with Gasteiger partial charge in [0.05, 0.1) is 7.11 Å². The number of hydrogen-bond acceptors (Lipinski definition) is 3. The third kappa shape index (κ3) is 1.47. The van der Waals surface area contributed by atoms with Crippen molar-refractivity contribution in [3.8, 4) is 11.9 Å². The standard InChI is InChI=1S/C8H8N2O/c1-6-3-4-7(5-9)8(10-6)11-2/h3-4H,1-2H3. The Morgan fingerprint density at radius 2 is 2.27 bits per heavy atom. The molecule has 0 N–H and O–H groups in total. The van der Waals surface area contributed by atoms with Crippen LogP contribution in [0.15, 0.2) is 12.1 Å². The van der Waals surface area contributed by atoms with Gasteiger partial charge < -0.3 is 4.74 Å². The van der Waals surface area contributed by atoms with Gasteiger partial charge in [-0.25, -0.2) is 4.98 Å². The quantitative estimate of drug-likeness (QED) is 0.602. The van der Waals surface area contributed by atoms with E-state index in [0.29, 0.717) is 11.4 Å². The largest absolute Gasteiger partial charge is 0.480 e. The number of aromatic nitrogens is 1. The van der Waals surface area contributed by atoms with Crippen LogP contribution in [0.3, 0.4) is 0 Å². The summed E-state index contributed by atoms with van der Waals surface area (Å²) in [5.74, 6) is 0.396. The molecule has 0 unspecified atom stereocenters. The molecule has 0 spiro atoms. The second-order valence-corrected chi connectivity index (χ2v) is 2.12. The van der Waals surface area contributed by atoms with Crippen molar-refractivity contribution in [2.75, 3.05) is 7.11 Å². The van der Waals surface area contributed by atoms with Gasteiger partial charge in [0.15, 0.2) is 0 Å². The normalized spacial score (nSPS) is 8.82. The second kappa shape index (κ2) is 3.02. The van der Waals surface area contributed by atoms with E-state index >= 15 is 0 Å². The highest BCUT2D eigenvalue weighted by molar-refractivity contribution is 5.38. The summed E-state index contributed by atoms with van der Waals surface area (Å²) in [4.78, 5) is 4.02. The van der Waals surface area contributed by atoms with Gasteiger partial charge in [0, 0.05) is 5.69 Å². The zero-order chi connectivity index (χ0) is 8.27. The van der Waals surface area contributed by atoms with E-state index in [1.807, 2.05) is 13.0 Å². The maximum Gasteiger partial charge on any atom is 0.231 e. The number of nitrogens with zero attached hydrogens (tertiary/aromatic N) is 2. The van der Waals surface area contributed by atoms with Crippen molar-refractivity contribution in [1.29, 1.82) is 5.26 Å². The molecular formula is C8H8N2O. The average molecular weight is 148 g/mol. The van der Waals surface area contributed by atoms with Crippen LogP contribution in [0.2, 0.25) is 0 Å². The van der Waals surface area contributed by atoms with Gasteiger partial charge in [0.2, 0.25) is 5.88 Å². The fraction of sp³-hybridized carbons (Fsp3) is 0.250. The number of aryl methyl sites for hydroxylation is 1. The monoisotopic (exact) mass is 148 g/mol. The molecule has 1 aromatic heterocycles. The Balaban J connectivity index is 3.19. The zero-order valence-electron chi connectivity index (χ0n) is 6.46. The van der Waals surface area contributed by atoms with Crippen LogP contribution < -0.4 is 4.74 Å². The smallest absolute Gasteiger partial charge is 0.231 e. The van der Waals surface area contributed by atoms with Crippen molar-refractivity contribution in [3.05, 3.63) is 23.4 Å². The zero-order valence-corrected chi connectivity index (χ0v) is 6.46. The van der Waals surface area contributed by atoms with Crippen LogP contribution in [-0.4, -0.2) is 12.1 Å². The summed E-state index contributed by atoms with van der Waals surface area (Å²) in [6.07, 6.45) is 0. The Morgan fingerprint density at radius 3 is 2.82 bits per heavy atom. The molecule has 0 radical (unpaired) electrons.